The van der Waals surface area contributed by atoms with Gasteiger partial charge in [-0.1, -0.05) is 17.7 Å². The molecule has 1 unspecified atom stereocenters. The van der Waals surface area contributed by atoms with Crippen LogP contribution in [0.3, 0.4) is 0 Å². The lowest BCUT2D eigenvalue weighted by molar-refractivity contribution is -0.137. The van der Waals surface area contributed by atoms with Crippen LogP contribution in [-0.2, 0) is 9.53 Å². The lowest BCUT2D eigenvalue weighted by Gasteiger charge is -2.27. The largest absolute Gasteiger partial charge is 0.484 e. The summed E-state index contributed by atoms with van der Waals surface area (Å²) in [5, 5.41) is 9.11. The van der Waals surface area contributed by atoms with Crippen molar-refractivity contribution in [2.45, 2.75) is 25.0 Å². The Labute approximate surface area is 116 Å². The maximum atomic E-state index is 10.5. The zero-order chi connectivity index (χ0) is 13.8. The Morgan fingerprint density at radius 3 is 2.84 bits per heavy atom. The molecule has 0 amide bonds. The van der Waals surface area contributed by atoms with Gasteiger partial charge in [-0.15, -0.1) is 0 Å². The van der Waals surface area contributed by atoms with E-state index in [4.69, 9.17) is 31.9 Å². The number of hydrogen-bond acceptors (Lipinski definition) is 4. The predicted octanol–water partition coefficient (Wildman–Crippen LogP) is 1.98. The first-order valence-electron chi connectivity index (χ1n) is 6.07. The maximum absolute atomic E-state index is 10.5. The van der Waals surface area contributed by atoms with Crippen LogP contribution in [0.2, 0.25) is 5.02 Å². The van der Waals surface area contributed by atoms with E-state index in [9.17, 15) is 4.79 Å². The molecule has 5 nitrogen and oxygen atoms in total. The third kappa shape index (κ3) is 3.83. The molecule has 1 aromatic carbocycles. The highest BCUT2D eigenvalue weighted by atomic mass is 35.5. The van der Waals surface area contributed by atoms with Gasteiger partial charge in [0, 0.05) is 12.5 Å². The lowest BCUT2D eigenvalue weighted by Crippen LogP contribution is -2.38. The molecule has 6 heteroatoms. The molecule has 3 N–H and O–H groups in total. The molecule has 1 aromatic rings. The first-order valence-corrected chi connectivity index (χ1v) is 6.45. The van der Waals surface area contributed by atoms with Gasteiger partial charge in [0.25, 0.3) is 0 Å². The van der Waals surface area contributed by atoms with E-state index in [1.165, 1.54) is 0 Å². The SMILES string of the molecule is NC(CCC(=O)O)c1ccc(OC2COC2)c(Cl)c1. The molecule has 104 valence electrons. The first kappa shape index (κ1) is 14.1. The van der Waals surface area contributed by atoms with Crippen LogP contribution in [0.25, 0.3) is 0 Å². The Hall–Kier alpha value is -1.30. The third-order valence-corrected chi connectivity index (χ3v) is 3.25. The number of nitrogens with two attached hydrogens (primary N) is 1. The molecular formula is C13H16ClNO4. The molecule has 0 radical (unpaired) electrons. The Balaban J connectivity index is 1.98. The quantitative estimate of drug-likeness (QED) is 0.835. The Kier molecular flexibility index (Phi) is 4.63. The molecule has 2 rings (SSSR count). The van der Waals surface area contributed by atoms with E-state index < -0.39 is 5.97 Å². The first-order chi connectivity index (χ1) is 9.06. The van der Waals surface area contributed by atoms with Gasteiger partial charge in [-0.05, 0) is 24.1 Å². The minimum absolute atomic E-state index is 0.0381. The Morgan fingerprint density at radius 1 is 1.58 bits per heavy atom. The summed E-state index contributed by atoms with van der Waals surface area (Å²) in [6.45, 7) is 1.16. The smallest absolute Gasteiger partial charge is 0.303 e. The van der Waals surface area contributed by atoms with Crippen molar-refractivity contribution in [3.8, 4) is 5.75 Å². The highest BCUT2D eigenvalue weighted by Crippen LogP contribution is 2.30. The summed E-state index contributed by atoms with van der Waals surface area (Å²) >= 11 is 6.12. The highest BCUT2D eigenvalue weighted by molar-refractivity contribution is 6.32. The minimum Gasteiger partial charge on any atom is -0.484 e. The van der Waals surface area contributed by atoms with Crippen molar-refractivity contribution in [2.24, 2.45) is 5.73 Å². The van der Waals surface area contributed by atoms with Gasteiger partial charge < -0.3 is 20.3 Å². The standard InChI is InChI=1S/C13H16ClNO4/c14-10-5-8(11(15)2-4-13(16)17)1-3-12(10)19-9-6-18-7-9/h1,3,5,9,11H,2,4,6-7,15H2,(H,16,17). The van der Waals surface area contributed by atoms with Crippen molar-refractivity contribution in [1.82, 2.24) is 0 Å². The topological polar surface area (TPSA) is 81.8 Å². The second-order valence-electron chi connectivity index (χ2n) is 4.51. The number of rotatable bonds is 6. The summed E-state index contributed by atoms with van der Waals surface area (Å²) in [4.78, 5) is 10.5. The highest BCUT2D eigenvalue weighted by Gasteiger charge is 2.21. The molecule has 0 aromatic heterocycles. The van der Waals surface area contributed by atoms with Crippen LogP contribution in [0.15, 0.2) is 18.2 Å². The molecule has 1 aliphatic rings. The van der Waals surface area contributed by atoms with Crippen molar-refractivity contribution in [2.75, 3.05) is 13.2 Å². The molecular weight excluding hydrogens is 270 g/mol. The molecule has 0 saturated carbocycles. The normalized spacial score (nSPS) is 16.7. The molecule has 1 saturated heterocycles. The summed E-state index contributed by atoms with van der Waals surface area (Å²) in [7, 11) is 0. The lowest BCUT2D eigenvalue weighted by atomic mass is 10.0. The number of aliphatic carboxylic acids is 1. The fraction of sp³-hybridized carbons (Fsp3) is 0.462. The van der Waals surface area contributed by atoms with E-state index in [0.29, 0.717) is 30.4 Å². The van der Waals surface area contributed by atoms with E-state index >= 15 is 0 Å². The van der Waals surface area contributed by atoms with Gasteiger partial charge in [-0.2, -0.15) is 0 Å². The summed E-state index contributed by atoms with van der Waals surface area (Å²) < 4.78 is 10.6. The van der Waals surface area contributed by atoms with Crippen LogP contribution in [0, 0.1) is 0 Å². The van der Waals surface area contributed by atoms with Crippen LogP contribution >= 0.6 is 11.6 Å². The van der Waals surface area contributed by atoms with Gasteiger partial charge in [0.05, 0.1) is 18.2 Å². The summed E-state index contributed by atoms with van der Waals surface area (Å²) in [6.07, 6.45) is 0.475. The fourth-order valence-electron chi connectivity index (χ4n) is 1.75. The molecule has 1 heterocycles. The molecule has 19 heavy (non-hydrogen) atoms. The van der Waals surface area contributed by atoms with E-state index in [-0.39, 0.29) is 18.6 Å². The summed E-state index contributed by atoms with van der Waals surface area (Å²) in [5.41, 5.74) is 6.73. The number of carbonyl (C=O) groups is 1. The molecule has 1 aliphatic heterocycles. The van der Waals surface area contributed by atoms with Crippen molar-refractivity contribution in [3.63, 3.8) is 0 Å². The summed E-state index contributed by atoms with van der Waals surface area (Å²) in [6, 6.07) is 4.96. The molecule has 0 aliphatic carbocycles. The monoisotopic (exact) mass is 285 g/mol. The van der Waals surface area contributed by atoms with Crippen molar-refractivity contribution >= 4 is 17.6 Å². The van der Waals surface area contributed by atoms with Gasteiger partial charge in [0.15, 0.2) is 0 Å². The zero-order valence-electron chi connectivity index (χ0n) is 10.3. The number of carboxylic acids is 1. The van der Waals surface area contributed by atoms with Crippen LogP contribution in [-0.4, -0.2) is 30.4 Å². The van der Waals surface area contributed by atoms with Gasteiger partial charge >= 0.3 is 5.97 Å². The van der Waals surface area contributed by atoms with Crippen molar-refractivity contribution in [1.29, 1.82) is 0 Å². The number of ether oxygens (including phenoxy) is 2. The van der Waals surface area contributed by atoms with Crippen LogP contribution in [0.5, 0.6) is 5.75 Å². The van der Waals surface area contributed by atoms with Crippen molar-refractivity contribution < 1.29 is 19.4 Å². The van der Waals surface area contributed by atoms with Gasteiger partial charge in [0.1, 0.15) is 11.9 Å². The Morgan fingerprint density at radius 2 is 2.32 bits per heavy atom. The second kappa shape index (κ2) is 6.23. The Bertz CT molecular complexity index is 462. The number of hydrogen-bond donors (Lipinski definition) is 2. The fourth-order valence-corrected chi connectivity index (χ4v) is 1.98. The number of halogens is 1. The van der Waals surface area contributed by atoms with E-state index in [1.807, 2.05) is 6.07 Å². The van der Waals surface area contributed by atoms with E-state index in [2.05, 4.69) is 0 Å². The minimum atomic E-state index is -0.855. The zero-order valence-corrected chi connectivity index (χ0v) is 11.1. The number of carboxylic acid groups (broad SMARTS) is 1. The van der Waals surface area contributed by atoms with Gasteiger partial charge in [-0.25, -0.2) is 0 Å². The van der Waals surface area contributed by atoms with Gasteiger partial charge in [-0.3, -0.25) is 4.79 Å². The molecule has 0 spiro atoms. The molecule has 0 bridgehead atoms. The van der Waals surface area contributed by atoms with Gasteiger partial charge in [0.2, 0.25) is 0 Å². The predicted molar refractivity (Wildman–Crippen MR) is 70.5 cm³/mol. The van der Waals surface area contributed by atoms with E-state index in [0.717, 1.165) is 5.56 Å². The average Bonchev–Trinajstić information content (AvgIpc) is 2.32. The summed E-state index contributed by atoms with van der Waals surface area (Å²) in [5.74, 6) is -0.254. The molecule has 1 atom stereocenters. The second-order valence-corrected chi connectivity index (χ2v) is 4.91. The van der Waals surface area contributed by atoms with Crippen LogP contribution in [0.4, 0.5) is 0 Å². The third-order valence-electron chi connectivity index (χ3n) is 2.95. The van der Waals surface area contributed by atoms with E-state index in [1.54, 1.807) is 12.1 Å². The average molecular weight is 286 g/mol. The molecule has 1 fully saturated rings. The maximum Gasteiger partial charge on any atom is 0.303 e. The van der Waals surface area contributed by atoms with Crippen LogP contribution in [0.1, 0.15) is 24.4 Å². The van der Waals surface area contributed by atoms with Crippen LogP contribution < -0.4 is 10.5 Å². The van der Waals surface area contributed by atoms with Crippen molar-refractivity contribution in [3.05, 3.63) is 28.8 Å². The number of benzene rings is 1.